The highest BCUT2D eigenvalue weighted by molar-refractivity contribution is 5.55. The van der Waals surface area contributed by atoms with Crippen molar-refractivity contribution in [3.63, 3.8) is 0 Å². The second-order valence-electron chi connectivity index (χ2n) is 5.71. The van der Waals surface area contributed by atoms with Gasteiger partial charge < -0.3 is 10.6 Å². The molecule has 106 valence electrons. The first kappa shape index (κ1) is 14.4. The average Bonchev–Trinajstić information content (AvgIpc) is 2.59. The first-order chi connectivity index (χ1) is 9.33. The van der Waals surface area contributed by atoms with Crippen molar-refractivity contribution in [2.75, 3.05) is 18.0 Å². The zero-order chi connectivity index (χ0) is 13.5. The minimum Gasteiger partial charge on any atom is -0.371 e. The van der Waals surface area contributed by atoms with Crippen molar-refractivity contribution in [2.45, 2.75) is 57.9 Å². The maximum atomic E-state index is 6.28. The highest BCUT2D eigenvalue weighted by Crippen LogP contribution is 2.31. The molecule has 0 fully saturated rings. The molecule has 19 heavy (non-hydrogen) atoms. The first-order valence-corrected chi connectivity index (χ1v) is 7.92. The Hall–Kier alpha value is -1.02. The number of hydrogen-bond acceptors (Lipinski definition) is 2. The van der Waals surface area contributed by atoms with Gasteiger partial charge in [-0.2, -0.15) is 0 Å². The normalized spacial score (nSPS) is 19.1. The van der Waals surface area contributed by atoms with Crippen LogP contribution in [0.25, 0.3) is 0 Å². The van der Waals surface area contributed by atoms with E-state index in [0.717, 1.165) is 6.42 Å². The molecule has 0 aliphatic carbocycles. The molecule has 0 radical (unpaired) electrons. The molecule has 0 spiro atoms. The van der Waals surface area contributed by atoms with E-state index in [1.165, 1.54) is 62.9 Å². The fraction of sp³-hybridized carbons (Fsp3) is 0.647. The Morgan fingerprint density at radius 2 is 1.95 bits per heavy atom. The fourth-order valence-corrected chi connectivity index (χ4v) is 3.01. The molecule has 0 saturated carbocycles. The molecule has 1 heterocycles. The van der Waals surface area contributed by atoms with Crippen molar-refractivity contribution < 1.29 is 0 Å². The molecule has 2 rings (SSSR count). The van der Waals surface area contributed by atoms with Crippen LogP contribution in [0.2, 0.25) is 0 Å². The molecular formula is C17H28N2. The molecule has 0 bridgehead atoms. The van der Waals surface area contributed by atoms with Gasteiger partial charge in [0.15, 0.2) is 0 Å². The third-order valence-corrected chi connectivity index (χ3v) is 4.15. The van der Waals surface area contributed by atoms with Crippen LogP contribution in [0.4, 0.5) is 5.69 Å². The van der Waals surface area contributed by atoms with Crippen molar-refractivity contribution in [3.8, 4) is 0 Å². The summed E-state index contributed by atoms with van der Waals surface area (Å²) in [6.45, 7) is 4.62. The molecule has 0 aromatic heterocycles. The maximum absolute atomic E-state index is 6.28. The van der Waals surface area contributed by atoms with E-state index in [2.05, 4.69) is 36.1 Å². The summed E-state index contributed by atoms with van der Waals surface area (Å²) in [4.78, 5) is 2.55. The summed E-state index contributed by atoms with van der Waals surface area (Å²) < 4.78 is 0. The molecule has 2 heteroatoms. The smallest absolute Gasteiger partial charge is 0.0414 e. The van der Waals surface area contributed by atoms with Crippen LogP contribution in [-0.2, 0) is 0 Å². The van der Waals surface area contributed by atoms with Crippen molar-refractivity contribution >= 4 is 5.69 Å². The molecule has 2 nitrogen and oxygen atoms in total. The second-order valence-corrected chi connectivity index (χ2v) is 5.71. The van der Waals surface area contributed by atoms with Crippen LogP contribution in [0, 0.1) is 0 Å². The lowest BCUT2D eigenvalue weighted by Gasteiger charge is -2.25. The van der Waals surface area contributed by atoms with Gasteiger partial charge in [-0.15, -0.1) is 0 Å². The monoisotopic (exact) mass is 260 g/mol. The van der Waals surface area contributed by atoms with Crippen LogP contribution in [0.3, 0.4) is 0 Å². The summed E-state index contributed by atoms with van der Waals surface area (Å²) in [5.41, 5.74) is 9.00. The lowest BCUT2D eigenvalue weighted by molar-refractivity contribution is 0.599. The molecule has 0 amide bonds. The Labute approximate surface area is 118 Å². The molecule has 2 N–H and O–H groups in total. The number of anilines is 1. The zero-order valence-corrected chi connectivity index (χ0v) is 12.3. The quantitative estimate of drug-likeness (QED) is 0.774. The first-order valence-electron chi connectivity index (χ1n) is 7.92. The number of nitrogens with two attached hydrogens (primary N) is 1. The number of unbranched alkanes of at least 4 members (excludes halogenated alkanes) is 4. The van der Waals surface area contributed by atoms with Crippen molar-refractivity contribution in [1.82, 2.24) is 0 Å². The molecule has 1 aliphatic heterocycles. The Bertz CT molecular complexity index is 375. The van der Waals surface area contributed by atoms with Crippen LogP contribution in [0.5, 0.6) is 0 Å². The van der Waals surface area contributed by atoms with Gasteiger partial charge in [0.25, 0.3) is 0 Å². The van der Waals surface area contributed by atoms with Crippen molar-refractivity contribution in [1.29, 1.82) is 0 Å². The van der Waals surface area contributed by atoms with E-state index in [1.54, 1.807) is 0 Å². The standard InChI is InChI=1S/C17H28N2/c1-2-3-4-5-8-13-19-14-9-11-16(18)15-10-6-7-12-17(15)19/h6-7,10,12,16H,2-5,8-9,11,13-14,18H2,1H3. The predicted octanol–water partition coefficient (Wildman–Crippen LogP) is 4.26. The van der Waals surface area contributed by atoms with Crippen LogP contribution in [0.1, 0.15) is 63.5 Å². The van der Waals surface area contributed by atoms with E-state index in [0.29, 0.717) is 0 Å². The Kier molecular flexibility index (Phi) is 5.71. The summed E-state index contributed by atoms with van der Waals surface area (Å²) in [5.74, 6) is 0. The Morgan fingerprint density at radius 1 is 1.16 bits per heavy atom. The van der Waals surface area contributed by atoms with E-state index >= 15 is 0 Å². The lowest BCUT2D eigenvalue weighted by Crippen LogP contribution is -2.25. The molecular weight excluding hydrogens is 232 g/mol. The number of nitrogens with zero attached hydrogens (tertiary/aromatic N) is 1. The van der Waals surface area contributed by atoms with Crippen LogP contribution < -0.4 is 10.6 Å². The van der Waals surface area contributed by atoms with Gasteiger partial charge in [-0.05, 0) is 30.9 Å². The highest BCUT2D eigenvalue weighted by atomic mass is 15.1. The van der Waals surface area contributed by atoms with Gasteiger partial charge in [0.1, 0.15) is 0 Å². The summed E-state index contributed by atoms with van der Waals surface area (Å²) in [5, 5.41) is 0. The Morgan fingerprint density at radius 3 is 2.79 bits per heavy atom. The summed E-state index contributed by atoms with van der Waals surface area (Å²) in [6.07, 6.45) is 9.07. The van der Waals surface area contributed by atoms with Gasteiger partial charge in [-0.25, -0.2) is 0 Å². The summed E-state index contributed by atoms with van der Waals surface area (Å²) in [6, 6.07) is 8.92. The molecule has 1 aliphatic rings. The van der Waals surface area contributed by atoms with Crippen LogP contribution in [-0.4, -0.2) is 13.1 Å². The SMILES string of the molecule is CCCCCCCN1CCCC(N)c2ccccc21. The van der Waals surface area contributed by atoms with Gasteiger partial charge in [0, 0.05) is 24.8 Å². The van der Waals surface area contributed by atoms with Gasteiger partial charge >= 0.3 is 0 Å². The molecule has 1 aromatic carbocycles. The molecule has 1 atom stereocenters. The largest absolute Gasteiger partial charge is 0.371 e. The van der Waals surface area contributed by atoms with Crippen LogP contribution >= 0.6 is 0 Å². The van der Waals surface area contributed by atoms with E-state index in [4.69, 9.17) is 5.73 Å². The number of benzene rings is 1. The lowest BCUT2D eigenvalue weighted by atomic mass is 10.0. The van der Waals surface area contributed by atoms with E-state index in [-0.39, 0.29) is 6.04 Å². The van der Waals surface area contributed by atoms with E-state index < -0.39 is 0 Å². The number of hydrogen-bond donors (Lipinski definition) is 1. The van der Waals surface area contributed by atoms with Gasteiger partial charge in [-0.1, -0.05) is 50.8 Å². The fourth-order valence-electron chi connectivity index (χ4n) is 3.01. The summed E-state index contributed by atoms with van der Waals surface area (Å²) >= 11 is 0. The minimum atomic E-state index is 0.223. The third-order valence-electron chi connectivity index (χ3n) is 4.15. The van der Waals surface area contributed by atoms with E-state index in [9.17, 15) is 0 Å². The minimum absolute atomic E-state index is 0.223. The second kappa shape index (κ2) is 7.54. The number of rotatable bonds is 6. The molecule has 1 aromatic rings. The zero-order valence-electron chi connectivity index (χ0n) is 12.3. The Balaban J connectivity index is 1.94. The maximum Gasteiger partial charge on any atom is 0.0414 e. The van der Waals surface area contributed by atoms with Gasteiger partial charge in [0.2, 0.25) is 0 Å². The predicted molar refractivity (Wildman–Crippen MR) is 83.6 cm³/mol. The number of para-hydroxylation sites is 1. The third kappa shape index (κ3) is 3.97. The van der Waals surface area contributed by atoms with Gasteiger partial charge in [-0.3, -0.25) is 0 Å². The highest BCUT2D eigenvalue weighted by Gasteiger charge is 2.19. The summed E-state index contributed by atoms with van der Waals surface area (Å²) in [7, 11) is 0. The van der Waals surface area contributed by atoms with Gasteiger partial charge in [0.05, 0.1) is 0 Å². The van der Waals surface area contributed by atoms with Crippen LogP contribution in [0.15, 0.2) is 24.3 Å². The number of fused-ring (bicyclic) bond motifs is 1. The average molecular weight is 260 g/mol. The van der Waals surface area contributed by atoms with Crippen molar-refractivity contribution in [3.05, 3.63) is 29.8 Å². The topological polar surface area (TPSA) is 29.3 Å². The van der Waals surface area contributed by atoms with Crippen molar-refractivity contribution in [2.24, 2.45) is 5.73 Å². The van der Waals surface area contributed by atoms with E-state index in [1.807, 2.05) is 0 Å². The molecule has 0 saturated heterocycles. The molecule has 1 unspecified atom stereocenters.